The summed E-state index contributed by atoms with van der Waals surface area (Å²) in [7, 11) is 17.2. The molecule has 0 saturated heterocycles. The Hall–Kier alpha value is 3.18. The third-order valence-corrected chi connectivity index (χ3v) is 4.66. The number of methoxy groups -OCH3 is 1. The molecule has 0 atom stereocenters. The van der Waals surface area contributed by atoms with Crippen molar-refractivity contribution in [2.45, 2.75) is 6.42 Å². The average molecular weight is 556 g/mol. The first kappa shape index (κ1) is 52.2. The van der Waals surface area contributed by atoms with Gasteiger partial charge in [0.25, 0.3) is 9.28 Å². The van der Waals surface area contributed by atoms with Crippen LogP contribution in [0.5, 0.6) is 0 Å². The van der Waals surface area contributed by atoms with Crippen LogP contribution in [0.1, 0.15) is 10.7 Å². The summed E-state index contributed by atoms with van der Waals surface area (Å²) in [6, 6.07) is 0. The van der Waals surface area contributed by atoms with Crippen LogP contribution in [-0.4, -0.2) is 158 Å². The number of aliphatic hydroxyl groups excluding tert-OH is 1. The molecule has 0 unspecified atom stereocenters. The molecule has 168 valence electrons. The molecule has 0 aliphatic carbocycles. The van der Waals surface area contributed by atoms with Crippen molar-refractivity contribution in [3.05, 3.63) is 0 Å². The minimum absolute atomic E-state index is 0. The van der Waals surface area contributed by atoms with Gasteiger partial charge in [0.1, 0.15) is 0 Å². The molecule has 0 radical (unpaired) electrons. The van der Waals surface area contributed by atoms with Gasteiger partial charge in [0.2, 0.25) is 0 Å². The Kier molecular flexibility index (Phi) is 83.4. The van der Waals surface area contributed by atoms with Crippen molar-refractivity contribution in [3.63, 3.8) is 0 Å². The Bertz CT molecular complexity index is 213. The molecule has 6 nitrogen and oxygen atoms in total. The maximum absolute atomic E-state index is 8.12. The van der Waals surface area contributed by atoms with E-state index in [0.29, 0.717) is 6.61 Å². The van der Waals surface area contributed by atoms with Gasteiger partial charge in [-0.05, 0) is 62.8 Å². The van der Waals surface area contributed by atoms with Gasteiger partial charge in [-0.3, -0.25) is 0 Å². The summed E-state index contributed by atoms with van der Waals surface area (Å²) in [5, 5.41) is 10.9. The normalized spacial score (nSPS) is 8.67. The van der Waals surface area contributed by atoms with Crippen molar-refractivity contribution in [1.29, 1.82) is 0 Å². The van der Waals surface area contributed by atoms with Crippen LogP contribution < -0.4 is 30.1 Å². The molecule has 0 heterocycles. The molecule has 0 saturated carbocycles. The minimum atomic E-state index is -1.72. The number of aliphatic hydroxyl groups is 1. The summed E-state index contributed by atoms with van der Waals surface area (Å²) in [5.41, 5.74) is 0. The predicted octanol–water partition coefficient (Wildman–Crippen LogP) is -5.62. The molecular formula is C12H41Cl5Mg2N4O2Si2. The standard InChI is InChI=1S/C6H19N3Si.C4H10O2.C2H7N.Cl3HSi.2ClH.2Mg.H2.2H/c1-7(2)10(8(3)4)9(5)6;1-6-4-2-3-5;1-3-2;1-4(2)3;;;;;;;/h10H,1-6H3;5H,2-4H2,1H3;3H,1-2H3;4H;2*1H;;;1H;;/q;;;;;;2*+2;;2*-1/p-2. The first-order valence-electron chi connectivity index (χ1n) is 7.13. The van der Waals surface area contributed by atoms with Crippen LogP contribution in [0.3, 0.4) is 0 Å². The molecule has 0 aromatic carbocycles. The third kappa shape index (κ3) is 65.2. The number of nitrogens with zero attached hydrogens (tertiary/aromatic N) is 3. The largest absolute Gasteiger partial charge is 2.00 e. The molecule has 0 spiro atoms. The second-order valence-corrected chi connectivity index (χ2v) is 15.3. The molecule has 27 heavy (non-hydrogen) atoms. The Balaban J connectivity index is -0.0000000179. The van der Waals surface area contributed by atoms with E-state index in [1.165, 1.54) is 0 Å². The number of rotatable bonds is 6. The van der Waals surface area contributed by atoms with Gasteiger partial charge in [0.15, 0.2) is 0 Å². The molecule has 0 rings (SSSR count). The SMILES string of the molecule is CN(C)[SiH](N(C)C)N(C)C.CNC.COCCCO.Cl[SiH](Cl)Cl.[Cl-].[Cl-].[H-].[H-].[HH].[Mg+2].[Mg+2]. The van der Waals surface area contributed by atoms with Gasteiger partial charge in [-0.1, -0.05) is 0 Å². The van der Waals surface area contributed by atoms with E-state index in [2.05, 4.69) is 66.0 Å². The van der Waals surface area contributed by atoms with Gasteiger partial charge in [-0.2, -0.15) is 0 Å². The van der Waals surface area contributed by atoms with E-state index in [4.69, 9.17) is 38.3 Å². The van der Waals surface area contributed by atoms with Gasteiger partial charge < -0.3 is 56.5 Å². The van der Waals surface area contributed by atoms with Crippen molar-refractivity contribution >= 4 is 95.4 Å². The summed E-state index contributed by atoms with van der Waals surface area (Å²) in [6.07, 6.45) is 0.747. The Labute approximate surface area is 234 Å². The molecule has 0 bridgehead atoms. The zero-order chi connectivity index (χ0) is 19.4. The van der Waals surface area contributed by atoms with Gasteiger partial charge >= 0.3 is 52.8 Å². The third-order valence-electron chi connectivity index (χ3n) is 1.89. The van der Waals surface area contributed by atoms with E-state index >= 15 is 0 Å². The summed E-state index contributed by atoms with van der Waals surface area (Å²) < 4.78 is 11.5. The molecule has 0 aromatic rings. The van der Waals surface area contributed by atoms with Crippen molar-refractivity contribution in [2.75, 3.05) is 76.7 Å². The average Bonchev–Trinajstić information content (AvgIpc) is 2.35. The fourth-order valence-electron chi connectivity index (χ4n) is 1.59. The number of halogens is 5. The first-order valence-corrected chi connectivity index (χ1v) is 13.9. The monoisotopic (exact) mass is 552 g/mol. The van der Waals surface area contributed by atoms with Crippen LogP contribution in [0.25, 0.3) is 0 Å². The Morgan fingerprint density at radius 3 is 1.19 bits per heavy atom. The fourth-order valence-corrected chi connectivity index (χ4v) is 4.37. The maximum Gasteiger partial charge on any atom is 2.00 e. The number of hydrogen-bond donors (Lipinski definition) is 2. The van der Waals surface area contributed by atoms with Crippen molar-refractivity contribution in [3.8, 4) is 0 Å². The summed E-state index contributed by atoms with van der Waals surface area (Å²) in [5.74, 6) is 0. The van der Waals surface area contributed by atoms with Crippen molar-refractivity contribution in [2.24, 2.45) is 0 Å². The van der Waals surface area contributed by atoms with E-state index < -0.39 is 16.0 Å². The van der Waals surface area contributed by atoms with E-state index in [1.54, 1.807) is 7.11 Å². The molecule has 0 amide bonds. The molecule has 15 heteroatoms. The van der Waals surface area contributed by atoms with Gasteiger partial charge in [-0.15, -0.1) is 33.2 Å². The molecule has 2 N–H and O–H groups in total. The van der Waals surface area contributed by atoms with Gasteiger partial charge in [0, 0.05) is 21.8 Å². The minimum Gasteiger partial charge on any atom is -1.00 e. The quantitative estimate of drug-likeness (QED) is 0.194. The second kappa shape index (κ2) is 43.1. The molecule has 0 aliphatic heterocycles. The Morgan fingerprint density at radius 2 is 1.15 bits per heavy atom. The number of nitrogens with one attached hydrogen (secondary N) is 1. The van der Waals surface area contributed by atoms with Crippen LogP contribution in [0.15, 0.2) is 0 Å². The molecular weight excluding hydrogens is 514 g/mol. The van der Waals surface area contributed by atoms with Crippen LogP contribution in [0, 0.1) is 0 Å². The second-order valence-electron chi connectivity index (χ2n) is 5.05. The van der Waals surface area contributed by atoms with Crippen LogP contribution in [0.2, 0.25) is 0 Å². The van der Waals surface area contributed by atoms with Crippen molar-refractivity contribution < 1.29 is 38.9 Å². The smallest absolute Gasteiger partial charge is 1.00 e. The Morgan fingerprint density at radius 1 is 0.926 bits per heavy atom. The summed E-state index contributed by atoms with van der Waals surface area (Å²) in [4.78, 5) is 0. The van der Waals surface area contributed by atoms with E-state index in [0.717, 1.165) is 6.42 Å². The van der Waals surface area contributed by atoms with Crippen LogP contribution >= 0.6 is 33.2 Å². The topological polar surface area (TPSA) is 51.2 Å². The van der Waals surface area contributed by atoms with Crippen LogP contribution in [0.4, 0.5) is 0 Å². The zero-order valence-corrected chi connectivity index (χ0v) is 27.2. The van der Waals surface area contributed by atoms with Crippen LogP contribution in [-0.2, 0) is 4.74 Å². The molecule has 0 aromatic heterocycles. The zero-order valence-electron chi connectivity index (χ0n) is 20.3. The van der Waals surface area contributed by atoms with Crippen molar-refractivity contribution in [1.82, 2.24) is 19.0 Å². The van der Waals surface area contributed by atoms with E-state index in [1.807, 2.05) is 14.1 Å². The fraction of sp³-hybridized carbons (Fsp3) is 1.00. The van der Waals surface area contributed by atoms with E-state index in [9.17, 15) is 0 Å². The summed E-state index contributed by atoms with van der Waals surface area (Å²) >= 11 is 14.8. The first-order chi connectivity index (χ1) is 10.5. The van der Waals surface area contributed by atoms with E-state index in [-0.39, 0.29) is 81.8 Å². The molecule has 0 fully saturated rings. The summed E-state index contributed by atoms with van der Waals surface area (Å²) in [6.45, 7) is -0.829. The maximum atomic E-state index is 8.12. The number of ether oxygens (including phenoxy) is 1. The van der Waals surface area contributed by atoms with Gasteiger partial charge in [-0.25, -0.2) is 0 Å². The predicted molar refractivity (Wildman–Crippen MR) is 127 cm³/mol. The number of hydrogen-bond acceptors (Lipinski definition) is 6. The molecule has 0 aliphatic rings. The van der Waals surface area contributed by atoms with Gasteiger partial charge in [0.05, 0.1) is 0 Å².